The first-order valence-corrected chi connectivity index (χ1v) is 9.03. The molecule has 0 saturated heterocycles. The van der Waals surface area contributed by atoms with Crippen molar-refractivity contribution in [2.75, 3.05) is 12.0 Å². The molecule has 2 heterocycles. The fraction of sp³-hybridized carbons (Fsp3) is 0.400. The lowest BCUT2D eigenvalue weighted by molar-refractivity contribution is 0.646. The number of aromatic nitrogens is 3. The maximum Gasteiger partial charge on any atom is 0.190 e. The van der Waals surface area contributed by atoms with E-state index in [2.05, 4.69) is 40.9 Å². The molecule has 21 heavy (non-hydrogen) atoms. The summed E-state index contributed by atoms with van der Waals surface area (Å²) in [5, 5.41) is 1.60. The lowest BCUT2D eigenvalue weighted by atomic mass is 10.0. The molecular formula is C15H20N4S2. The van der Waals surface area contributed by atoms with E-state index in [1.165, 1.54) is 5.56 Å². The standard InChI is InChI=1S/C15H20N4S2/c1-10(2)6-11-4-5-17-12(7-11)9-21-15-18-13(16)8-14(19-15)20-3/h4-5,7-8,10H,6,9H2,1-3H3,(H2,16,18,19). The zero-order valence-corrected chi connectivity index (χ0v) is 14.2. The predicted molar refractivity (Wildman–Crippen MR) is 90.6 cm³/mol. The molecule has 6 heteroatoms. The first-order chi connectivity index (χ1) is 10.1. The molecular weight excluding hydrogens is 300 g/mol. The third-order valence-electron chi connectivity index (χ3n) is 2.79. The molecule has 0 unspecified atom stereocenters. The predicted octanol–water partition coefficient (Wildman–Crippen LogP) is 3.67. The van der Waals surface area contributed by atoms with Gasteiger partial charge in [-0.1, -0.05) is 25.6 Å². The lowest BCUT2D eigenvalue weighted by Crippen LogP contribution is -1.98. The van der Waals surface area contributed by atoms with Gasteiger partial charge in [0.1, 0.15) is 10.8 Å². The first kappa shape index (κ1) is 16.1. The molecule has 2 aromatic heterocycles. The average Bonchev–Trinajstić information content (AvgIpc) is 2.44. The van der Waals surface area contributed by atoms with Crippen molar-refractivity contribution in [2.24, 2.45) is 5.92 Å². The zero-order valence-electron chi connectivity index (χ0n) is 12.5. The second-order valence-corrected chi connectivity index (χ2v) is 6.93. The molecule has 2 N–H and O–H groups in total. The van der Waals surface area contributed by atoms with Crippen molar-refractivity contribution in [2.45, 2.75) is 36.2 Å². The Balaban J connectivity index is 2.04. The van der Waals surface area contributed by atoms with Crippen molar-refractivity contribution in [3.05, 3.63) is 35.7 Å². The highest BCUT2D eigenvalue weighted by Gasteiger charge is 2.05. The zero-order chi connectivity index (χ0) is 15.2. The maximum absolute atomic E-state index is 5.79. The molecule has 112 valence electrons. The number of hydrogen-bond acceptors (Lipinski definition) is 6. The fourth-order valence-corrected chi connectivity index (χ4v) is 3.18. The molecule has 0 atom stereocenters. The van der Waals surface area contributed by atoms with Gasteiger partial charge in [-0.25, -0.2) is 9.97 Å². The van der Waals surface area contributed by atoms with Gasteiger partial charge in [0.25, 0.3) is 0 Å². The first-order valence-electron chi connectivity index (χ1n) is 6.82. The van der Waals surface area contributed by atoms with Crippen molar-refractivity contribution in [1.29, 1.82) is 0 Å². The van der Waals surface area contributed by atoms with E-state index in [0.29, 0.717) is 16.9 Å². The van der Waals surface area contributed by atoms with E-state index in [9.17, 15) is 0 Å². The highest BCUT2D eigenvalue weighted by Crippen LogP contribution is 2.23. The Hall–Kier alpha value is -1.27. The Bertz CT molecular complexity index is 602. The van der Waals surface area contributed by atoms with Crippen molar-refractivity contribution in [1.82, 2.24) is 15.0 Å². The number of anilines is 1. The van der Waals surface area contributed by atoms with Gasteiger partial charge in [0.2, 0.25) is 0 Å². The van der Waals surface area contributed by atoms with E-state index in [0.717, 1.165) is 22.9 Å². The summed E-state index contributed by atoms with van der Waals surface area (Å²) < 4.78 is 0. The summed E-state index contributed by atoms with van der Waals surface area (Å²) in [7, 11) is 0. The molecule has 0 radical (unpaired) electrons. The van der Waals surface area contributed by atoms with Gasteiger partial charge < -0.3 is 5.73 Å². The molecule has 4 nitrogen and oxygen atoms in total. The minimum absolute atomic E-state index is 0.512. The topological polar surface area (TPSA) is 64.7 Å². The van der Waals surface area contributed by atoms with Gasteiger partial charge in [-0.3, -0.25) is 4.98 Å². The van der Waals surface area contributed by atoms with E-state index in [1.807, 2.05) is 12.5 Å². The van der Waals surface area contributed by atoms with Crippen LogP contribution >= 0.6 is 23.5 Å². The number of nitrogens with zero attached hydrogens (tertiary/aromatic N) is 3. The Morgan fingerprint density at radius 3 is 2.76 bits per heavy atom. The lowest BCUT2D eigenvalue weighted by Gasteiger charge is -2.07. The number of nitrogens with two attached hydrogens (primary N) is 1. The van der Waals surface area contributed by atoms with Crippen LogP contribution < -0.4 is 5.73 Å². The highest BCUT2D eigenvalue weighted by molar-refractivity contribution is 7.99. The smallest absolute Gasteiger partial charge is 0.190 e. The average molecular weight is 320 g/mol. The van der Waals surface area contributed by atoms with Crippen molar-refractivity contribution in [3.8, 4) is 0 Å². The SMILES string of the molecule is CSc1cc(N)nc(SCc2cc(CC(C)C)ccn2)n1. The maximum atomic E-state index is 5.79. The third kappa shape index (κ3) is 5.21. The van der Waals surface area contributed by atoms with Crippen LogP contribution in [0.4, 0.5) is 5.82 Å². The van der Waals surface area contributed by atoms with Crippen LogP contribution in [0.3, 0.4) is 0 Å². The molecule has 0 aliphatic rings. The van der Waals surface area contributed by atoms with Crippen molar-refractivity contribution < 1.29 is 0 Å². The molecule has 0 aliphatic carbocycles. The largest absolute Gasteiger partial charge is 0.384 e. The van der Waals surface area contributed by atoms with Crippen LogP contribution in [0.1, 0.15) is 25.1 Å². The van der Waals surface area contributed by atoms with E-state index in [-0.39, 0.29) is 0 Å². The summed E-state index contributed by atoms with van der Waals surface area (Å²) in [6.45, 7) is 4.44. The normalized spacial score (nSPS) is 11.0. The summed E-state index contributed by atoms with van der Waals surface area (Å²) in [5.41, 5.74) is 8.17. The van der Waals surface area contributed by atoms with Crippen LogP contribution in [0.25, 0.3) is 0 Å². The van der Waals surface area contributed by atoms with Crippen LogP contribution in [-0.4, -0.2) is 21.2 Å². The monoisotopic (exact) mass is 320 g/mol. The van der Waals surface area contributed by atoms with Crippen LogP contribution in [0.15, 0.2) is 34.6 Å². The van der Waals surface area contributed by atoms with E-state index in [1.54, 1.807) is 29.6 Å². The number of nitrogen functional groups attached to an aromatic ring is 1. The summed E-state index contributed by atoms with van der Waals surface area (Å²) in [6.07, 6.45) is 4.93. The van der Waals surface area contributed by atoms with E-state index < -0.39 is 0 Å². The van der Waals surface area contributed by atoms with Gasteiger partial charge in [0.15, 0.2) is 5.16 Å². The molecule has 0 saturated carbocycles. The van der Waals surface area contributed by atoms with Crippen molar-refractivity contribution in [3.63, 3.8) is 0 Å². The minimum Gasteiger partial charge on any atom is -0.384 e. The Morgan fingerprint density at radius 1 is 1.24 bits per heavy atom. The van der Waals surface area contributed by atoms with Gasteiger partial charge in [-0.2, -0.15) is 0 Å². The van der Waals surface area contributed by atoms with Crippen LogP contribution in [0.5, 0.6) is 0 Å². The molecule has 0 bridgehead atoms. The Kier molecular flexibility index (Phi) is 5.87. The summed E-state index contributed by atoms with van der Waals surface area (Å²) >= 11 is 3.13. The van der Waals surface area contributed by atoms with Crippen LogP contribution in [0.2, 0.25) is 0 Å². The van der Waals surface area contributed by atoms with Crippen LogP contribution in [0, 0.1) is 5.92 Å². The van der Waals surface area contributed by atoms with Crippen LogP contribution in [-0.2, 0) is 12.2 Å². The van der Waals surface area contributed by atoms with Gasteiger partial charge in [-0.05, 0) is 36.3 Å². The van der Waals surface area contributed by atoms with E-state index >= 15 is 0 Å². The molecule has 0 fully saturated rings. The molecule has 0 amide bonds. The number of rotatable bonds is 6. The second-order valence-electron chi connectivity index (χ2n) is 5.16. The molecule has 0 spiro atoms. The summed E-state index contributed by atoms with van der Waals surface area (Å²) in [6, 6.07) is 6.03. The van der Waals surface area contributed by atoms with Crippen molar-refractivity contribution >= 4 is 29.3 Å². The summed E-state index contributed by atoms with van der Waals surface area (Å²) in [4.78, 5) is 13.1. The third-order valence-corrected chi connectivity index (χ3v) is 4.29. The van der Waals surface area contributed by atoms with Gasteiger partial charge in [-0.15, -0.1) is 11.8 Å². The Morgan fingerprint density at radius 2 is 2.05 bits per heavy atom. The fourth-order valence-electron chi connectivity index (χ4n) is 1.93. The number of pyridine rings is 1. The Labute approximate surface area is 134 Å². The minimum atomic E-state index is 0.512. The second kappa shape index (κ2) is 7.66. The molecule has 0 aromatic carbocycles. The number of hydrogen-bond donors (Lipinski definition) is 1. The quantitative estimate of drug-likeness (QED) is 0.498. The van der Waals surface area contributed by atoms with Gasteiger partial charge >= 0.3 is 0 Å². The highest BCUT2D eigenvalue weighted by atomic mass is 32.2. The number of thioether (sulfide) groups is 2. The van der Waals surface area contributed by atoms with Gasteiger partial charge in [0, 0.05) is 18.0 Å². The molecule has 2 rings (SSSR count). The molecule has 0 aliphatic heterocycles. The molecule has 2 aromatic rings. The summed E-state index contributed by atoms with van der Waals surface area (Å²) in [5.74, 6) is 1.91. The van der Waals surface area contributed by atoms with E-state index in [4.69, 9.17) is 5.73 Å². The van der Waals surface area contributed by atoms with Gasteiger partial charge in [0.05, 0.1) is 5.69 Å².